The third kappa shape index (κ3) is 11.2. The molecule has 9 nitrogen and oxygen atoms in total. The molecule has 0 heterocycles. The summed E-state index contributed by atoms with van der Waals surface area (Å²) in [5.41, 5.74) is 9.52. The van der Waals surface area contributed by atoms with Gasteiger partial charge in [-0.15, -0.1) is 0 Å². The van der Waals surface area contributed by atoms with E-state index in [-0.39, 0.29) is 25.2 Å². The van der Waals surface area contributed by atoms with Gasteiger partial charge in [-0.1, -0.05) is 30.7 Å². The lowest BCUT2D eigenvalue weighted by Crippen LogP contribution is -2.46. The van der Waals surface area contributed by atoms with Gasteiger partial charge in [-0.05, 0) is 43.4 Å². The number of benzene rings is 1. The molecule has 1 aromatic carbocycles. The Morgan fingerprint density at radius 3 is 2.48 bits per heavy atom. The minimum Gasteiger partial charge on any atom is -0.481 e. The number of carboxylic acid groups (broad SMARTS) is 1. The van der Waals surface area contributed by atoms with Crippen molar-refractivity contribution in [2.24, 2.45) is 5.73 Å². The van der Waals surface area contributed by atoms with Gasteiger partial charge in [0.15, 0.2) is 0 Å². The van der Waals surface area contributed by atoms with Crippen LogP contribution in [0.2, 0.25) is 0 Å². The molecule has 0 spiro atoms. The van der Waals surface area contributed by atoms with Crippen molar-refractivity contribution in [2.45, 2.75) is 57.5 Å². The zero-order valence-corrected chi connectivity index (χ0v) is 16.7. The molecular weight excluding hydrogens is 376 g/mol. The molecule has 0 aliphatic heterocycles. The molecular formula is C20H32N4O5. The van der Waals surface area contributed by atoms with Crippen LogP contribution in [0.3, 0.4) is 0 Å². The monoisotopic (exact) mass is 408 g/mol. The quantitative estimate of drug-likeness (QED) is 0.142. The molecule has 1 rings (SSSR count). The van der Waals surface area contributed by atoms with E-state index in [0.29, 0.717) is 13.1 Å². The number of hydrogen-bond acceptors (Lipinski definition) is 6. The molecule has 0 aromatic heterocycles. The fraction of sp³-hybridized carbons (Fsp3) is 0.550. The third-order valence-corrected chi connectivity index (χ3v) is 4.48. The molecule has 9 heteroatoms. The predicted molar refractivity (Wildman–Crippen MR) is 108 cm³/mol. The third-order valence-electron chi connectivity index (χ3n) is 4.48. The molecule has 0 saturated heterocycles. The number of amides is 2. The Labute approximate surface area is 171 Å². The Balaban J connectivity index is 2.12. The second kappa shape index (κ2) is 14.5. The average Bonchev–Trinajstić information content (AvgIpc) is 2.72. The van der Waals surface area contributed by atoms with Crippen LogP contribution >= 0.6 is 0 Å². The van der Waals surface area contributed by atoms with E-state index >= 15 is 0 Å². The minimum atomic E-state index is -1.08. The number of aryl methyl sites for hydroxylation is 1. The number of hydroxylamine groups is 1. The molecule has 29 heavy (non-hydrogen) atoms. The van der Waals surface area contributed by atoms with Crippen LogP contribution in [0.5, 0.6) is 0 Å². The van der Waals surface area contributed by atoms with Crippen molar-refractivity contribution in [3.8, 4) is 0 Å². The number of nitrogens with one attached hydrogen (secondary N) is 3. The zero-order valence-electron chi connectivity index (χ0n) is 16.7. The molecule has 0 saturated carbocycles. The second-order valence-corrected chi connectivity index (χ2v) is 6.86. The first kappa shape index (κ1) is 24.5. The van der Waals surface area contributed by atoms with Gasteiger partial charge in [0.25, 0.3) is 5.91 Å². The standard InChI is InChI=1S/C20H32N4O5/c21-14-16-7-4-6-15(13-16)5-2-1-3-11-22-12-10-18(25)23-17(20(28)24-29)8-9-19(26)27/h4,6-7,13,17,22,29H,1-3,5,8-12,14,21H2,(H,23,25)(H,24,28)(H,26,27)/t17-/m1/s1. The predicted octanol–water partition coefficient (Wildman–Crippen LogP) is 0.693. The number of carbonyl (C=O) groups excluding carboxylic acids is 2. The lowest BCUT2D eigenvalue weighted by molar-refractivity contribution is -0.139. The molecule has 0 unspecified atom stereocenters. The van der Waals surface area contributed by atoms with E-state index in [1.807, 2.05) is 12.1 Å². The highest BCUT2D eigenvalue weighted by molar-refractivity contribution is 5.87. The maximum atomic E-state index is 11.9. The Bertz CT molecular complexity index is 654. The second-order valence-electron chi connectivity index (χ2n) is 6.86. The highest BCUT2D eigenvalue weighted by Gasteiger charge is 2.21. The topological polar surface area (TPSA) is 154 Å². The van der Waals surface area contributed by atoms with E-state index in [1.54, 1.807) is 0 Å². The minimum absolute atomic E-state index is 0.0882. The molecule has 0 bridgehead atoms. The van der Waals surface area contributed by atoms with Crippen molar-refractivity contribution in [3.05, 3.63) is 35.4 Å². The number of nitrogens with two attached hydrogens (primary N) is 1. The Morgan fingerprint density at radius 2 is 1.79 bits per heavy atom. The zero-order chi connectivity index (χ0) is 21.5. The van der Waals surface area contributed by atoms with Crippen LogP contribution in [0.1, 0.15) is 49.7 Å². The van der Waals surface area contributed by atoms with Crippen LogP contribution in [0.25, 0.3) is 0 Å². The number of hydrogen-bond donors (Lipinski definition) is 6. The number of rotatable bonds is 15. The number of aliphatic carboxylic acids is 1. The van der Waals surface area contributed by atoms with Crippen LogP contribution in [-0.2, 0) is 27.3 Å². The summed E-state index contributed by atoms with van der Waals surface area (Å²) < 4.78 is 0. The number of carbonyl (C=O) groups is 3. The summed E-state index contributed by atoms with van der Waals surface area (Å²) >= 11 is 0. The van der Waals surface area contributed by atoms with Crippen LogP contribution in [0.4, 0.5) is 0 Å². The van der Waals surface area contributed by atoms with Crippen molar-refractivity contribution in [1.29, 1.82) is 0 Å². The van der Waals surface area contributed by atoms with E-state index in [9.17, 15) is 14.4 Å². The van der Waals surface area contributed by atoms with E-state index in [4.69, 9.17) is 16.0 Å². The summed E-state index contributed by atoms with van der Waals surface area (Å²) in [6.07, 6.45) is 3.95. The fourth-order valence-corrected chi connectivity index (χ4v) is 2.88. The van der Waals surface area contributed by atoms with Gasteiger partial charge in [0, 0.05) is 25.9 Å². The van der Waals surface area contributed by atoms with Gasteiger partial charge < -0.3 is 21.5 Å². The summed E-state index contributed by atoms with van der Waals surface area (Å²) in [5, 5.41) is 23.0. The summed E-state index contributed by atoms with van der Waals surface area (Å²) in [6.45, 7) is 1.79. The highest BCUT2D eigenvalue weighted by Crippen LogP contribution is 2.09. The maximum absolute atomic E-state index is 11.9. The maximum Gasteiger partial charge on any atom is 0.303 e. The van der Waals surface area contributed by atoms with Crippen molar-refractivity contribution in [3.63, 3.8) is 0 Å². The van der Waals surface area contributed by atoms with Crippen molar-refractivity contribution >= 4 is 17.8 Å². The van der Waals surface area contributed by atoms with Crippen molar-refractivity contribution < 1.29 is 24.7 Å². The van der Waals surface area contributed by atoms with E-state index < -0.39 is 17.9 Å². The van der Waals surface area contributed by atoms with Crippen molar-refractivity contribution in [1.82, 2.24) is 16.1 Å². The van der Waals surface area contributed by atoms with Crippen LogP contribution in [0, 0.1) is 0 Å². The summed E-state index contributed by atoms with van der Waals surface area (Å²) in [7, 11) is 0. The summed E-state index contributed by atoms with van der Waals surface area (Å²) in [6, 6.07) is 7.23. The molecule has 1 aromatic rings. The fourth-order valence-electron chi connectivity index (χ4n) is 2.88. The molecule has 0 aliphatic rings. The SMILES string of the molecule is NCc1cccc(CCCCCNCCC(=O)N[C@H](CCC(=O)O)C(=O)NO)c1. The summed E-state index contributed by atoms with van der Waals surface area (Å²) in [5.74, 6) is -2.29. The van der Waals surface area contributed by atoms with Gasteiger partial charge in [-0.2, -0.15) is 0 Å². The smallest absolute Gasteiger partial charge is 0.303 e. The lowest BCUT2D eigenvalue weighted by Gasteiger charge is -2.16. The first-order chi connectivity index (χ1) is 14.0. The van der Waals surface area contributed by atoms with Crippen LogP contribution < -0.4 is 21.8 Å². The number of unbranched alkanes of at least 4 members (excludes halogenated alkanes) is 2. The van der Waals surface area contributed by atoms with Gasteiger partial charge >= 0.3 is 5.97 Å². The van der Waals surface area contributed by atoms with Crippen molar-refractivity contribution in [2.75, 3.05) is 13.1 Å². The van der Waals surface area contributed by atoms with Gasteiger partial charge in [0.05, 0.1) is 0 Å². The molecule has 0 radical (unpaired) electrons. The molecule has 2 amide bonds. The van der Waals surface area contributed by atoms with E-state index in [2.05, 4.69) is 22.8 Å². The lowest BCUT2D eigenvalue weighted by atomic mass is 10.0. The Kier molecular flexibility index (Phi) is 12.3. The first-order valence-corrected chi connectivity index (χ1v) is 9.90. The van der Waals surface area contributed by atoms with Gasteiger partial charge in [0.2, 0.25) is 5.91 Å². The first-order valence-electron chi connectivity index (χ1n) is 9.90. The van der Waals surface area contributed by atoms with Crippen LogP contribution in [-0.4, -0.2) is 47.2 Å². The van der Waals surface area contributed by atoms with Gasteiger partial charge in [0.1, 0.15) is 6.04 Å². The average molecular weight is 408 g/mol. The Morgan fingerprint density at radius 1 is 1.03 bits per heavy atom. The molecule has 7 N–H and O–H groups in total. The van der Waals surface area contributed by atoms with E-state index in [1.165, 1.54) is 11.0 Å². The normalized spacial score (nSPS) is 11.7. The molecule has 0 fully saturated rings. The van der Waals surface area contributed by atoms with E-state index in [0.717, 1.165) is 37.8 Å². The van der Waals surface area contributed by atoms with Gasteiger partial charge in [-0.25, -0.2) is 5.48 Å². The van der Waals surface area contributed by atoms with Gasteiger partial charge in [-0.3, -0.25) is 19.6 Å². The Hall–Kier alpha value is -2.49. The molecule has 162 valence electrons. The largest absolute Gasteiger partial charge is 0.481 e. The summed E-state index contributed by atoms with van der Waals surface area (Å²) in [4.78, 5) is 34.0. The highest BCUT2D eigenvalue weighted by atomic mass is 16.5. The molecule has 0 aliphatic carbocycles. The molecule has 1 atom stereocenters. The number of carboxylic acids is 1. The van der Waals surface area contributed by atoms with Crippen LogP contribution in [0.15, 0.2) is 24.3 Å².